The maximum atomic E-state index is 5.80. The van der Waals surface area contributed by atoms with Gasteiger partial charge in [0.25, 0.3) is 0 Å². The van der Waals surface area contributed by atoms with Gasteiger partial charge in [0.15, 0.2) is 0 Å². The fraction of sp³-hybridized carbons (Fsp3) is 0.700. The first kappa shape index (κ1) is 8.60. The third-order valence-corrected chi connectivity index (χ3v) is 2.91. The molecule has 1 heterocycles. The van der Waals surface area contributed by atoms with Crippen LogP contribution in [0.15, 0.2) is 0 Å². The third-order valence-electron chi connectivity index (χ3n) is 2.91. The smallest absolute Gasteiger partial charge is 0.148 e. The standard InChI is InChI=1S/C10H17N3/c1-3-4-7-9(8-5-6(8)2)12-13-10(7)11/h6,8H,3-5H2,1-2H3,(H3,11,12,13). The van der Waals surface area contributed by atoms with Crippen LogP contribution >= 0.6 is 0 Å². The van der Waals surface area contributed by atoms with Gasteiger partial charge in [0.05, 0.1) is 0 Å². The summed E-state index contributed by atoms with van der Waals surface area (Å²) < 4.78 is 0. The van der Waals surface area contributed by atoms with Gasteiger partial charge in [-0.1, -0.05) is 20.3 Å². The average molecular weight is 179 g/mol. The SMILES string of the molecule is CCCc1c(N)n[nH]c1C1CC1C. The highest BCUT2D eigenvalue weighted by molar-refractivity contribution is 5.44. The Balaban J connectivity index is 2.24. The van der Waals surface area contributed by atoms with E-state index in [1.165, 1.54) is 17.7 Å². The summed E-state index contributed by atoms with van der Waals surface area (Å²) >= 11 is 0. The predicted octanol–water partition coefficient (Wildman–Crippen LogP) is 2.07. The zero-order valence-electron chi connectivity index (χ0n) is 8.30. The van der Waals surface area contributed by atoms with Crippen molar-refractivity contribution in [2.24, 2.45) is 5.92 Å². The van der Waals surface area contributed by atoms with Crippen molar-refractivity contribution in [1.29, 1.82) is 0 Å². The van der Waals surface area contributed by atoms with Crippen LogP contribution in [0, 0.1) is 5.92 Å². The molecule has 13 heavy (non-hydrogen) atoms. The number of rotatable bonds is 3. The van der Waals surface area contributed by atoms with Gasteiger partial charge in [-0.3, -0.25) is 5.10 Å². The van der Waals surface area contributed by atoms with E-state index in [0.29, 0.717) is 11.7 Å². The fourth-order valence-electron chi connectivity index (χ4n) is 1.94. The van der Waals surface area contributed by atoms with E-state index in [-0.39, 0.29) is 0 Å². The molecule has 2 atom stereocenters. The van der Waals surface area contributed by atoms with Crippen LogP contribution in [0.2, 0.25) is 0 Å². The van der Waals surface area contributed by atoms with Gasteiger partial charge in [0, 0.05) is 17.2 Å². The Morgan fingerprint density at radius 2 is 2.31 bits per heavy atom. The Morgan fingerprint density at radius 1 is 1.62 bits per heavy atom. The lowest BCUT2D eigenvalue weighted by molar-refractivity contribution is 0.841. The molecule has 72 valence electrons. The molecule has 1 aromatic rings. The predicted molar refractivity (Wildman–Crippen MR) is 53.5 cm³/mol. The number of anilines is 1. The minimum Gasteiger partial charge on any atom is -0.382 e. The molecule has 3 heteroatoms. The largest absolute Gasteiger partial charge is 0.382 e. The molecule has 1 saturated carbocycles. The second-order valence-electron chi connectivity index (χ2n) is 4.07. The van der Waals surface area contributed by atoms with Crippen molar-refractivity contribution in [1.82, 2.24) is 10.2 Å². The molecule has 0 saturated heterocycles. The van der Waals surface area contributed by atoms with Gasteiger partial charge in [-0.25, -0.2) is 0 Å². The van der Waals surface area contributed by atoms with E-state index in [1.54, 1.807) is 0 Å². The molecule has 3 nitrogen and oxygen atoms in total. The summed E-state index contributed by atoms with van der Waals surface area (Å²) in [4.78, 5) is 0. The number of nitrogens with one attached hydrogen (secondary N) is 1. The normalized spacial score (nSPS) is 26.3. The van der Waals surface area contributed by atoms with E-state index >= 15 is 0 Å². The van der Waals surface area contributed by atoms with E-state index in [9.17, 15) is 0 Å². The zero-order valence-corrected chi connectivity index (χ0v) is 8.30. The average Bonchev–Trinajstić information content (AvgIpc) is 2.70. The molecule has 0 spiro atoms. The Kier molecular flexibility index (Phi) is 2.02. The third kappa shape index (κ3) is 1.43. The van der Waals surface area contributed by atoms with Crippen molar-refractivity contribution < 1.29 is 0 Å². The quantitative estimate of drug-likeness (QED) is 0.746. The van der Waals surface area contributed by atoms with Gasteiger partial charge >= 0.3 is 0 Å². The van der Waals surface area contributed by atoms with E-state index < -0.39 is 0 Å². The number of nitrogens with two attached hydrogens (primary N) is 1. The Morgan fingerprint density at radius 3 is 2.85 bits per heavy atom. The van der Waals surface area contributed by atoms with E-state index in [0.717, 1.165) is 18.8 Å². The highest BCUT2D eigenvalue weighted by atomic mass is 15.2. The van der Waals surface area contributed by atoms with Gasteiger partial charge in [0.2, 0.25) is 0 Å². The molecule has 0 aromatic carbocycles. The monoisotopic (exact) mass is 179 g/mol. The van der Waals surface area contributed by atoms with Crippen LogP contribution in [-0.4, -0.2) is 10.2 Å². The molecule has 1 aliphatic carbocycles. The Bertz CT molecular complexity index is 303. The van der Waals surface area contributed by atoms with Crippen LogP contribution in [0.5, 0.6) is 0 Å². The molecule has 2 rings (SSSR count). The first-order chi connectivity index (χ1) is 6.24. The molecule has 0 radical (unpaired) electrons. The van der Waals surface area contributed by atoms with Crippen LogP contribution in [-0.2, 0) is 6.42 Å². The summed E-state index contributed by atoms with van der Waals surface area (Å²) in [6.07, 6.45) is 3.48. The van der Waals surface area contributed by atoms with Crippen LogP contribution < -0.4 is 5.73 Å². The molecular weight excluding hydrogens is 162 g/mol. The number of aromatic nitrogens is 2. The van der Waals surface area contributed by atoms with Gasteiger partial charge in [-0.15, -0.1) is 0 Å². The van der Waals surface area contributed by atoms with E-state index in [2.05, 4.69) is 24.0 Å². The summed E-state index contributed by atoms with van der Waals surface area (Å²) in [7, 11) is 0. The first-order valence-corrected chi connectivity index (χ1v) is 5.06. The minimum absolute atomic E-state index is 0.700. The molecule has 2 unspecified atom stereocenters. The number of hydrogen-bond donors (Lipinski definition) is 2. The van der Waals surface area contributed by atoms with Gasteiger partial charge in [-0.2, -0.15) is 5.10 Å². The number of H-pyrrole nitrogens is 1. The first-order valence-electron chi connectivity index (χ1n) is 5.06. The Hall–Kier alpha value is -0.990. The van der Waals surface area contributed by atoms with Crippen molar-refractivity contribution >= 4 is 5.82 Å². The van der Waals surface area contributed by atoms with Crippen molar-refractivity contribution in [2.45, 2.75) is 39.0 Å². The summed E-state index contributed by atoms with van der Waals surface area (Å²) in [6.45, 7) is 4.45. The number of nitrogen functional groups attached to an aromatic ring is 1. The summed E-state index contributed by atoms with van der Waals surface area (Å²) in [6, 6.07) is 0. The summed E-state index contributed by atoms with van der Waals surface area (Å²) in [5, 5.41) is 7.16. The number of nitrogens with zero attached hydrogens (tertiary/aromatic N) is 1. The lowest BCUT2D eigenvalue weighted by Crippen LogP contribution is -1.94. The van der Waals surface area contributed by atoms with Gasteiger partial charge < -0.3 is 5.73 Å². The van der Waals surface area contributed by atoms with Crippen molar-refractivity contribution in [2.75, 3.05) is 5.73 Å². The molecule has 3 N–H and O–H groups in total. The number of aromatic amines is 1. The lowest BCUT2D eigenvalue weighted by Gasteiger charge is -2.00. The molecule has 0 aliphatic heterocycles. The Labute approximate surface area is 78.7 Å². The maximum absolute atomic E-state index is 5.80. The molecule has 0 bridgehead atoms. The zero-order chi connectivity index (χ0) is 9.42. The van der Waals surface area contributed by atoms with Crippen LogP contribution in [0.3, 0.4) is 0 Å². The fourth-order valence-corrected chi connectivity index (χ4v) is 1.94. The lowest BCUT2D eigenvalue weighted by atomic mass is 10.1. The highest BCUT2D eigenvalue weighted by Gasteiger charge is 2.37. The maximum Gasteiger partial charge on any atom is 0.148 e. The second-order valence-corrected chi connectivity index (χ2v) is 4.07. The van der Waals surface area contributed by atoms with Crippen LogP contribution in [0.25, 0.3) is 0 Å². The molecule has 1 aliphatic rings. The van der Waals surface area contributed by atoms with Crippen LogP contribution in [0.4, 0.5) is 5.82 Å². The molecule has 0 amide bonds. The molecular formula is C10H17N3. The number of hydrogen-bond acceptors (Lipinski definition) is 2. The highest BCUT2D eigenvalue weighted by Crippen LogP contribution is 2.48. The van der Waals surface area contributed by atoms with Crippen molar-refractivity contribution in [3.8, 4) is 0 Å². The molecule has 1 fully saturated rings. The minimum atomic E-state index is 0.700. The molecule has 1 aromatic heterocycles. The van der Waals surface area contributed by atoms with Gasteiger partial charge in [0.1, 0.15) is 5.82 Å². The van der Waals surface area contributed by atoms with Crippen molar-refractivity contribution in [3.05, 3.63) is 11.3 Å². The van der Waals surface area contributed by atoms with E-state index in [1.807, 2.05) is 0 Å². The second kappa shape index (κ2) is 3.05. The topological polar surface area (TPSA) is 54.7 Å². The van der Waals surface area contributed by atoms with E-state index in [4.69, 9.17) is 5.73 Å². The van der Waals surface area contributed by atoms with Crippen LogP contribution in [0.1, 0.15) is 43.9 Å². The van der Waals surface area contributed by atoms with Gasteiger partial charge in [-0.05, 0) is 18.8 Å². The summed E-state index contributed by atoms with van der Waals surface area (Å²) in [5.41, 5.74) is 8.36. The van der Waals surface area contributed by atoms with Crippen molar-refractivity contribution in [3.63, 3.8) is 0 Å². The summed E-state index contributed by atoms with van der Waals surface area (Å²) in [5.74, 6) is 2.22.